The number of benzene rings is 1. The topological polar surface area (TPSA) is 78.9 Å². The van der Waals surface area contributed by atoms with Crippen LogP contribution in [0.25, 0.3) is 0 Å². The molecular weight excluding hydrogens is 418 g/mol. The number of nitrogens with zero attached hydrogens (tertiary/aromatic N) is 5. The Kier molecular flexibility index (Phi) is 6.01. The standard InChI is InChI=1S/C25H31N5O3/c1-17-21-13-22(31)30(14-18-6-8-20(33-2)9-7-18)25(21)27-24(26-17)19-5-3-10-28(15-19)16-23(32)29-11-4-12-29/h6-9,19H,3-5,10-16H2,1-2H3. The minimum atomic E-state index is 0.0563. The van der Waals surface area contributed by atoms with Crippen LogP contribution in [0.5, 0.6) is 5.75 Å². The first-order valence-electron chi connectivity index (χ1n) is 11.8. The fourth-order valence-corrected chi connectivity index (χ4v) is 4.92. The molecule has 3 aliphatic rings. The van der Waals surface area contributed by atoms with E-state index in [1.807, 2.05) is 36.1 Å². The van der Waals surface area contributed by atoms with Crippen molar-refractivity contribution in [3.05, 3.63) is 46.9 Å². The summed E-state index contributed by atoms with van der Waals surface area (Å²) in [4.78, 5) is 41.0. The summed E-state index contributed by atoms with van der Waals surface area (Å²) in [5.41, 5.74) is 2.84. The lowest BCUT2D eigenvalue weighted by Gasteiger charge is -2.36. The first kappa shape index (κ1) is 21.8. The Morgan fingerprint density at radius 1 is 1.12 bits per heavy atom. The van der Waals surface area contributed by atoms with Crippen molar-refractivity contribution in [3.63, 3.8) is 0 Å². The largest absolute Gasteiger partial charge is 0.497 e. The van der Waals surface area contributed by atoms with Gasteiger partial charge in [0, 0.05) is 36.8 Å². The van der Waals surface area contributed by atoms with Crippen LogP contribution in [0.3, 0.4) is 0 Å². The monoisotopic (exact) mass is 449 g/mol. The highest BCUT2D eigenvalue weighted by atomic mass is 16.5. The fraction of sp³-hybridized carbons (Fsp3) is 0.520. The van der Waals surface area contributed by atoms with E-state index in [-0.39, 0.29) is 17.7 Å². The number of hydrogen-bond donors (Lipinski definition) is 0. The molecule has 4 heterocycles. The molecule has 174 valence electrons. The molecule has 1 aromatic heterocycles. The predicted molar refractivity (Wildman–Crippen MR) is 124 cm³/mol. The van der Waals surface area contributed by atoms with Gasteiger partial charge in [-0.05, 0) is 50.4 Å². The Morgan fingerprint density at radius 3 is 2.61 bits per heavy atom. The predicted octanol–water partition coefficient (Wildman–Crippen LogP) is 2.29. The van der Waals surface area contributed by atoms with Gasteiger partial charge in [0.25, 0.3) is 0 Å². The number of methoxy groups -OCH3 is 1. The molecule has 2 fully saturated rings. The van der Waals surface area contributed by atoms with Gasteiger partial charge in [0.15, 0.2) is 0 Å². The Hall–Kier alpha value is -3.00. The highest BCUT2D eigenvalue weighted by Crippen LogP contribution is 2.33. The van der Waals surface area contributed by atoms with Gasteiger partial charge in [-0.25, -0.2) is 9.97 Å². The third-order valence-electron chi connectivity index (χ3n) is 7.03. The quantitative estimate of drug-likeness (QED) is 0.673. The molecule has 1 aromatic carbocycles. The summed E-state index contributed by atoms with van der Waals surface area (Å²) < 4.78 is 5.24. The molecule has 3 aliphatic heterocycles. The van der Waals surface area contributed by atoms with E-state index in [4.69, 9.17) is 14.7 Å². The number of ether oxygens (including phenoxy) is 1. The van der Waals surface area contributed by atoms with Crippen molar-refractivity contribution in [1.29, 1.82) is 0 Å². The van der Waals surface area contributed by atoms with Gasteiger partial charge in [-0.15, -0.1) is 0 Å². The summed E-state index contributed by atoms with van der Waals surface area (Å²) in [6.45, 7) is 6.42. The van der Waals surface area contributed by atoms with Crippen LogP contribution in [0.1, 0.15) is 47.8 Å². The van der Waals surface area contributed by atoms with E-state index in [1.54, 1.807) is 12.0 Å². The second-order valence-electron chi connectivity index (χ2n) is 9.28. The van der Waals surface area contributed by atoms with E-state index >= 15 is 0 Å². The average Bonchev–Trinajstić information content (AvgIpc) is 3.09. The van der Waals surface area contributed by atoms with Crippen molar-refractivity contribution in [2.75, 3.05) is 44.7 Å². The maximum atomic E-state index is 12.9. The van der Waals surface area contributed by atoms with Crippen LogP contribution in [0.15, 0.2) is 24.3 Å². The zero-order chi connectivity index (χ0) is 22.9. The first-order valence-corrected chi connectivity index (χ1v) is 11.8. The van der Waals surface area contributed by atoms with E-state index in [2.05, 4.69) is 4.90 Å². The Balaban J connectivity index is 1.34. The zero-order valence-electron chi connectivity index (χ0n) is 19.4. The average molecular weight is 450 g/mol. The minimum absolute atomic E-state index is 0.0563. The van der Waals surface area contributed by atoms with E-state index in [0.717, 1.165) is 79.7 Å². The lowest BCUT2D eigenvalue weighted by Crippen LogP contribution is -2.48. The summed E-state index contributed by atoms with van der Waals surface area (Å²) in [6.07, 6.45) is 3.48. The highest BCUT2D eigenvalue weighted by Gasteiger charge is 2.34. The summed E-state index contributed by atoms with van der Waals surface area (Å²) in [5.74, 6) is 2.78. The first-order chi connectivity index (χ1) is 16.0. The van der Waals surface area contributed by atoms with Crippen molar-refractivity contribution in [2.24, 2.45) is 0 Å². The molecule has 0 bridgehead atoms. The minimum Gasteiger partial charge on any atom is -0.497 e. The van der Waals surface area contributed by atoms with Crippen LogP contribution in [0, 0.1) is 6.92 Å². The van der Waals surface area contributed by atoms with Crippen molar-refractivity contribution < 1.29 is 14.3 Å². The molecule has 2 aromatic rings. The van der Waals surface area contributed by atoms with Crippen molar-refractivity contribution in [2.45, 2.75) is 45.1 Å². The Labute approximate surface area is 194 Å². The second kappa shape index (κ2) is 9.09. The van der Waals surface area contributed by atoms with Crippen LogP contribution in [0.2, 0.25) is 0 Å². The number of hydrogen-bond acceptors (Lipinski definition) is 6. The second-order valence-corrected chi connectivity index (χ2v) is 9.28. The van der Waals surface area contributed by atoms with Crippen molar-refractivity contribution >= 4 is 17.6 Å². The van der Waals surface area contributed by atoms with Crippen LogP contribution < -0.4 is 9.64 Å². The fourth-order valence-electron chi connectivity index (χ4n) is 4.92. The molecule has 2 amide bonds. The molecule has 0 radical (unpaired) electrons. The van der Waals surface area contributed by atoms with Gasteiger partial charge in [-0.1, -0.05) is 12.1 Å². The zero-order valence-corrected chi connectivity index (χ0v) is 19.4. The van der Waals surface area contributed by atoms with Gasteiger partial charge in [-0.2, -0.15) is 0 Å². The van der Waals surface area contributed by atoms with E-state index in [0.29, 0.717) is 19.5 Å². The number of aromatic nitrogens is 2. The number of carbonyl (C=O) groups excluding carboxylic acids is 2. The molecule has 1 unspecified atom stereocenters. The summed E-state index contributed by atoms with van der Waals surface area (Å²) in [6, 6.07) is 7.78. The smallest absolute Gasteiger partial charge is 0.236 e. The molecule has 0 saturated carbocycles. The van der Waals surface area contributed by atoms with Crippen LogP contribution in [-0.4, -0.2) is 71.4 Å². The molecular formula is C25H31N5O3. The number of amides is 2. The molecule has 0 aliphatic carbocycles. The van der Waals surface area contributed by atoms with Crippen LogP contribution in [0.4, 0.5) is 5.82 Å². The summed E-state index contributed by atoms with van der Waals surface area (Å²) >= 11 is 0. The van der Waals surface area contributed by atoms with E-state index in [9.17, 15) is 9.59 Å². The number of carbonyl (C=O) groups is 2. The van der Waals surface area contributed by atoms with Gasteiger partial charge in [0.05, 0.1) is 26.6 Å². The molecule has 5 rings (SSSR count). The molecule has 33 heavy (non-hydrogen) atoms. The van der Waals surface area contributed by atoms with Crippen LogP contribution in [-0.2, 0) is 22.6 Å². The third kappa shape index (κ3) is 4.44. The SMILES string of the molecule is COc1ccc(CN2C(=O)Cc3c(C)nc(C4CCCN(CC(=O)N5CCC5)C4)nc32)cc1. The molecule has 2 saturated heterocycles. The van der Waals surface area contributed by atoms with Gasteiger partial charge in [-0.3, -0.25) is 19.4 Å². The maximum absolute atomic E-state index is 12.9. The van der Waals surface area contributed by atoms with Gasteiger partial charge >= 0.3 is 0 Å². The molecule has 1 atom stereocenters. The van der Waals surface area contributed by atoms with Gasteiger partial charge < -0.3 is 9.64 Å². The molecule has 0 N–H and O–H groups in total. The molecule has 0 spiro atoms. The van der Waals surface area contributed by atoms with Crippen molar-refractivity contribution in [1.82, 2.24) is 19.8 Å². The number of fused-ring (bicyclic) bond motifs is 1. The van der Waals surface area contributed by atoms with E-state index < -0.39 is 0 Å². The maximum Gasteiger partial charge on any atom is 0.236 e. The normalized spacial score (nSPS) is 20.5. The van der Waals surface area contributed by atoms with E-state index in [1.165, 1.54) is 0 Å². The number of anilines is 1. The lowest BCUT2D eigenvalue weighted by atomic mass is 9.96. The molecule has 8 heteroatoms. The van der Waals surface area contributed by atoms with Crippen LogP contribution >= 0.6 is 0 Å². The molecule has 8 nitrogen and oxygen atoms in total. The van der Waals surface area contributed by atoms with Crippen molar-refractivity contribution in [3.8, 4) is 5.75 Å². The Bertz CT molecular complexity index is 1050. The number of aryl methyl sites for hydroxylation is 1. The third-order valence-corrected chi connectivity index (χ3v) is 7.03. The number of likely N-dealkylation sites (tertiary alicyclic amines) is 2. The highest BCUT2D eigenvalue weighted by molar-refractivity contribution is 6.00. The summed E-state index contributed by atoms with van der Waals surface area (Å²) in [5, 5.41) is 0. The summed E-state index contributed by atoms with van der Waals surface area (Å²) in [7, 11) is 1.64. The number of piperidine rings is 1. The van der Waals surface area contributed by atoms with Gasteiger partial charge in [0.1, 0.15) is 17.4 Å². The number of rotatable bonds is 6. The van der Waals surface area contributed by atoms with Gasteiger partial charge in [0.2, 0.25) is 11.8 Å². The lowest BCUT2D eigenvalue weighted by molar-refractivity contribution is -0.136. The Morgan fingerprint density at radius 2 is 1.91 bits per heavy atom.